The summed E-state index contributed by atoms with van der Waals surface area (Å²) in [7, 11) is -2.45. The highest BCUT2D eigenvalue weighted by Gasteiger charge is 2.63. The Morgan fingerprint density at radius 3 is 2.52 bits per heavy atom. The molecule has 1 aromatic heterocycles. The second-order valence-electron chi connectivity index (χ2n) is 16.0. The first-order valence-corrected chi connectivity index (χ1v) is 21.1. The predicted octanol–water partition coefficient (Wildman–Crippen LogP) is 4.59. The minimum atomic E-state index is -3.97. The molecular weight excluding hydrogens is 737 g/mol. The van der Waals surface area contributed by atoms with Gasteiger partial charge in [0.2, 0.25) is 21.8 Å². The van der Waals surface area contributed by atoms with Gasteiger partial charge in [0.05, 0.1) is 22.5 Å². The van der Waals surface area contributed by atoms with E-state index in [-0.39, 0.29) is 37.3 Å². The molecule has 4 aliphatic rings. The monoisotopic (exact) mass is 788 g/mol. The normalized spacial score (nSPS) is 26.8. The molecule has 16 heteroatoms. The zero-order chi connectivity index (χ0) is 39.8. The second-order valence-corrected chi connectivity index (χ2v) is 18.2. The molecule has 0 bridgehead atoms. The average molecular weight is 789 g/mol. The van der Waals surface area contributed by atoms with Gasteiger partial charge in [0.25, 0.3) is 11.9 Å². The van der Waals surface area contributed by atoms with Crippen LogP contribution in [0.3, 0.4) is 0 Å². The lowest BCUT2D eigenvalue weighted by atomic mass is 10.0. The number of anilines is 2. The van der Waals surface area contributed by atoms with Crippen LogP contribution in [0.1, 0.15) is 84.6 Å². The van der Waals surface area contributed by atoms with Crippen molar-refractivity contribution in [2.75, 3.05) is 24.2 Å². The highest BCUT2D eigenvalue weighted by atomic mass is 32.2. The molecule has 2 saturated carbocycles. The van der Waals surface area contributed by atoms with E-state index in [9.17, 15) is 27.6 Å². The smallest absolute Gasteiger partial charge is 0.319 e. The summed E-state index contributed by atoms with van der Waals surface area (Å²) in [4.78, 5) is 61.8. The highest BCUT2D eigenvalue weighted by Crippen LogP contribution is 2.47. The minimum absolute atomic E-state index is 0.0593. The van der Waals surface area contributed by atoms with Crippen molar-refractivity contribution in [2.24, 2.45) is 5.92 Å². The zero-order valence-electron chi connectivity index (χ0n) is 32.3. The van der Waals surface area contributed by atoms with Gasteiger partial charge in [-0.2, -0.15) is 4.98 Å². The maximum Gasteiger partial charge on any atom is 0.319 e. The summed E-state index contributed by atoms with van der Waals surface area (Å²) >= 11 is 0. The van der Waals surface area contributed by atoms with Gasteiger partial charge in [0.15, 0.2) is 0 Å². The lowest BCUT2D eigenvalue weighted by molar-refractivity contribution is -0.140. The van der Waals surface area contributed by atoms with Crippen molar-refractivity contribution in [1.82, 2.24) is 29.8 Å². The maximum atomic E-state index is 14.7. The average Bonchev–Trinajstić information content (AvgIpc) is 3.99. The van der Waals surface area contributed by atoms with E-state index in [1.165, 1.54) is 11.9 Å². The molecule has 3 fully saturated rings. The standard InChI is InChI=1S/C40H52N8O7S/c1-25(2)48-31-19-13-18-29(43-37(52)41-4)33(31)44-38(48)55-28-22-32-34(49)45-40(36(51)46-56(53,54)39(3)20-21-39)23-26(40)14-9-6-5-7-12-17-30(35(50)47(32)24-28)42-27-15-10-8-11-16-27/h8-11,13-16,18-19,25-26,28,30,32,42H,5-7,12,17,20-24H2,1-4H3,(H,45,49)(H,46,51)(H2,41,43,52)/b14-9-/t26-,28-,30+,32+,40-/m1/s1. The first-order valence-electron chi connectivity index (χ1n) is 19.6. The van der Waals surface area contributed by atoms with Crippen LogP contribution in [0.4, 0.5) is 16.2 Å². The molecule has 15 nitrogen and oxygen atoms in total. The summed E-state index contributed by atoms with van der Waals surface area (Å²) in [5.74, 6) is -2.02. The molecule has 0 radical (unpaired) electrons. The number of aromatic nitrogens is 2. The number of carbonyl (C=O) groups excluding carboxylic acids is 4. The van der Waals surface area contributed by atoms with Crippen molar-refractivity contribution in [3.63, 3.8) is 0 Å². The summed E-state index contributed by atoms with van der Waals surface area (Å²) in [6.07, 6.45) is 8.24. The SMILES string of the molecule is CNC(=O)Nc1cccc2c1nc(O[C@@H]1C[C@H]3C(=O)N[C@]4(C(=O)NS(=O)(=O)C5(C)CC5)C[C@H]4/C=C\CCCCC[C@H](Nc4ccccc4)C(=O)N3C1)n2C(C)C. The molecule has 7 rings (SSSR count). The number of amides is 5. The fourth-order valence-corrected chi connectivity index (χ4v) is 9.11. The Hall–Kier alpha value is -5.12. The largest absolute Gasteiger partial charge is 0.459 e. The van der Waals surface area contributed by atoms with Crippen LogP contribution < -0.4 is 30.7 Å². The van der Waals surface area contributed by atoms with Crippen LogP contribution in [-0.2, 0) is 24.4 Å². The number of para-hydroxylation sites is 2. The van der Waals surface area contributed by atoms with E-state index < -0.39 is 62.3 Å². The fourth-order valence-electron chi connectivity index (χ4n) is 7.79. The van der Waals surface area contributed by atoms with Gasteiger partial charge >= 0.3 is 6.03 Å². The Balaban J connectivity index is 1.22. The topological polar surface area (TPSA) is 193 Å². The van der Waals surface area contributed by atoms with Crippen molar-refractivity contribution in [3.05, 3.63) is 60.7 Å². The third kappa shape index (κ3) is 7.80. The number of fused-ring (bicyclic) bond motifs is 3. The van der Waals surface area contributed by atoms with Gasteiger partial charge < -0.3 is 30.9 Å². The highest BCUT2D eigenvalue weighted by molar-refractivity contribution is 7.91. The summed E-state index contributed by atoms with van der Waals surface area (Å²) < 4.78 is 36.2. The van der Waals surface area contributed by atoms with Gasteiger partial charge in [0, 0.05) is 31.1 Å². The molecule has 3 heterocycles. The molecule has 2 aliphatic heterocycles. The van der Waals surface area contributed by atoms with E-state index in [2.05, 4.69) is 26.0 Å². The van der Waals surface area contributed by atoms with Crippen molar-refractivity contribution in [3.8, 4) is 6.01 Å². The summed E-state index contributed by atoms with van der Waals surface area (Å²) in [6.45, 7) is 5.63. The number of sulfonamides is 1. The Morgan fingerprint density at radius 1 is 1.04 bits per heavy atom. The van der Waals surface area contributed by atoms with Crippen molar-refractivity contribution < 1.29 is 32.3 Å². The Bertz CT molecular complexity index is 2130. The van der Waals surface area contributed by atoms with Crippen molar-refractivity contribution in [1.29, 1.82) is 0 Å². The number of nitrogens with zero attached hydrogens (tertiary/aromatic N) is 3. The molecule has 0 unspecified atom stereocenters. The number of ether oxygens (including phenoxy) is 1. The minimum Gasteiger partial charge on any atom is -0.459 e. The first kappa shape index (κ1) is 39.1. The number of allylic oxidation sites excluding steroid dienone is 1. The van der Waals surface area contributed by atoms with Crippen LogP contribution in [0.25, 0.3) is 11.0 Å². The molecule has 0 spiro atoms. The van der Waals surface area contributed by atoms with E-state index in [0.717, 1.165) is 36.9 Å². The summed E-state index contributed by atoms with van der Waals surface area (Å²) in [6, 6.07) is 13.0. The van der Waals surface area contributed by atoms with Gasteiger partial charge in [-0.05, 0) is 83.6 Å². The van der Waals surface area contributed by atoms with Crippen LogP contribution in [0.2, 0.25) is 0 Å². The Kier molecular flexibility index (Phi) is 10.8. The van der Waals surface area contributed by atoms with Crippen LogP contribution in [-0.4, -0.2) is 88.7 Å². The number of hydrogen-bond donors (Lipinski definition) is 5. The number of rotatable bonds is 9. The van der Waals surface area contributed by atoms with E-state index in [4.69, 9.17) is 9.72 Å². The van der Waals surface area contributed by atoms with Crippen LogP contribution in [0.5, 0.6) is 6.01 Å². The fraction of sp³-hybridized carbons (Fsp3) is 0.525. The molecule has 56 heavy (non-hydrogen) atoms. The van der Waals surface area contributed by atoms with Crippen molar-refractivity contribution >= 4 is 56.2 Å². The third-order valence-corrected chi connectivity index (χ3v) is 13.7. The van der Waals surface area contributed by atoms with Gasteiger partial charge in [-0.25, -0.2) is 13.2 Å². The van der Waals surface area contributed by atoms with E-state index in [1.54, 1.807) is 13.0 Å². The maximum absolute atomic E-state index is 14.7. The number of nitrogens with one attached hydrogen (secondary N) is 5. The number of benzene rings is 2. The summed E-state index contributed by atoms with van der Waals surface area (Å²) in [5, 5.41) is 11.7. The van der Waals surface area contributed by atoms with E-state index in [1.807, 2.05) is 73.0 Å². The molecule has 5 atom stereocenters. The van der Waals surface area contributed by atoms with Gasteiger partial charge in [-0.3, -0.25) is 23.7 Å². The quantitative estimate of drug-likeness (QED) is 0.193. The number of imidazole rings is 1. The molecule has 5 amide bonds. The number of urea groups is 1. The van der Waals surface area contributed by atoms with Crippen molar-refractivity contribution in [2.45, 2.75) is 113 Å². The molecule has 1 saturated heterocycles. The van der Waals surface area contributed by atoms with Gasteiger partial charge in [-0.1, -0.05) is 49.3 Å². The van der Waals surface area contributed by atoms with Crippen LogP contribution >= 0.6 is 0 Å². The molecule has 5 N–H and O–H groups in total. The second kappa shape index (κ2) is 15.4. The third-order valence-electron chi connectivity index (χ3n) is 11.5. The molecule has 2 aromatic carbocycles. The Labute approximate surface area is 327 Å². The first-order chi connectivity index (χ1) is 26.7. The molecule has 3 aromatic rings. The number of carbonyl (C=O) groups is 4. The Morgan fingerprint density at radius 2 is 1.80 bits per heavy atom. The summed E-state index contributed by atoms with van der Waals surface area (Å²) in [5.41, 5.74) is 1.02. The molecule has 300 valence electrons. The van der Waals surface area contributed by atoms with Crippen LogP contribution in [0.15, 0.2) is 60.7 Å². The van der Waals surface area contributed by atoms with Crippen LogP contribution in [0, 0.1) is 5.92 Å². The number of hydrogen-bond acceptors (Lipinski definition) is 9. The van der Waals surface area contributed by atoms with Gasteiger partial charge in [-0.15, -0.1) is 0 Å². The molecular formula is C40H52N8O7S. The molecule has 2 aliphatic carbocycles. The lowest BCUT2D eigenvalue weighted by Gasteiger charge is -2.30. The van der Waals surface area contributed by atoms with E-state index in [0.29, 0.717) is 30.5 Å². The lowest BCUT2D eigenvalue weighted by Crippen LogP contribution is -2.58. The predicted molar refractivity (Wildman–Crippen MR) is 212 cm³/mol. The van der Waals surface area contributed by atoms with Gasteiger partial charge in [0.1, 0.15) is 29.2 Å². The zero-order valence-corrected chi connectivity index (χ0v) is 33.2. The van der Waals surface area contributed by atoms with E-state index >= 15 is 0 Å².